The molecule has 0 fully saturated rings. The lowest BCUT2D eigenvalue weighted by atomic mass is 10.1. The number of furan rings is 1. The van der Waals surface area contributed by atoms with Crippen LogP contribution in [0.25, 0.3) is 11.6 Å². The Hall–Kier alpha value is -3.00. The number of amides is 1. The van der Waals surface area contributed by atoms with Crippen molar-refractivity contribution in [3.63, 3.8) is 0 Å². The summed E-state index contributed by atoms with van der Waals surface area (Å²) in [7, 11) is 0. The maximum atomic E-state index is 13.6. The van der Waals surface area contributed by atoms with Gasteiger partial charge in [-0.15, -0.1) is 0 Å². The van der Waals surface area contributed by atoms with E-state index in [9.17, 15) is 14.0 Å². The summed E-state index contributed by atoms with van der Waals surface area (Å²) in [5, 5.41) is 3.17. The zero-order chi connectivity index (χ0) is 21.0. The van der Waals surface area contributed by atoms with E-state index in [1.54, 1.807) is 38.1 Å². The minimum absolute atomic E-state index is 0.0582. The molecule has 1 aromatic carbocycles. The number of Topliss-reactive ketones (excluding diaryl/α,β-unsaturated/α-hetero) is 1. The number of thioether (sulfide) groups is 1. The average Bonchev–Trinajstić information content (AvgIpc) is 3.21. The first kappa shape index (κ1) is 20.7. The molecular weight excluding hydrogens is 393 g/mol. The van der Waals surface area contributed by atoms with Crippen LogP contribution in [-0.2, 0) is 11.3 Å². The Balaban J connectivity index is 1.70. The monoisotopic (exact) mass is 413 g/mol. The van der Waals surface area contributed by atoms with Gasteiger partial charge in [-0.3, -0.25) is 9.59 Å². The second-order valence-corrected chi connectivity index (χ2v) is 7.46. The van der Waals surface area contributed by atoms with Gasteiger partial charge >= 0.3 is 0 Å². The molecule has 0 saturated heterocycles. The number of halogens is 1. The zero-order valence-corrected chi connectivity index (χ0v) is 17.1. The molecule has 0 aliphatic rings. The summed E-state index contributed by atoms with van der Waals surface area (Å²) in [6.45, 7) is 5.06. The first-order valence-electron chi connectivity index (χ1n) is 8.93. The predicted molar refractivity (Wildman–Crippen MR) is 108 cm³/mol. The van der Waals surface area contributed by atoms with Crippen LogP contribution >= 0.6 is 11.8 Å². The van der Waals surface area contributed by atoms with Crippen molar-refractivity contribution in [2.75, 3.05) is 5.75 Å². The topological polar surface area (TPSA) is 85.1 Å². The van der Waals surface area contributed by atoms with E-state index >= 15 is 0 Å². The number of aromatic nitrogens is 2. The van der Waals surface area contributed by atoms with Crippen LogP contribution in [0.2, 0.25) is 0 Å². The lowest BCUT2D eigenvalue weighted by Gasteiger charge is -2.10. The van der Waals surface area contributed by atoms with Gasteiger partial charge in [-0.05, 0) is 50.1 Å². The molecule has 2 heterocycles. The molecule has 0 spiro atoms. The summed E-state index contributed by atoms with van der Waals surface area (Å²) in [6.07, 6.45) is 1.51. The van der Waals surface area contributed by atoms with Crippen molar-refractivity contribution in [3.05, 3.63) is 64.8 Å². The summed E-state index contributed by atoms with van der Waals surface area (Å²) >= 11 is 1.15. The van der Waals surface area contributed by atoms with Crippen molar-refractivity contribution in [2.24, 2.45) is 0 Å². The molecule has 0 aliphatic heterocycles. The van der Waals surface area contributed by atoms with Gasteiger partial charge < -0.3 is 9.73 Å². The fourth-order valence-electron chi connectivity index (χ4n) is 2.70. The van der Waals surface area contributed by atoms with E-state index in [-0.39, 0.29) is 29.8 Å². The number of carbonyl (C=O) groups excluding carboxylic acids is 2. The van der Waals surface area contributed by atoms with Crippen molar-refractivity contribution in [3.8, 4) is 11.6 Å². The van der Waals surface area contributed by atoms with Crippen LogP contribution in [0.1, 0.15) is 34.1 Å². The second kappa shape index (κ2) is 9.00. The van der Waals surface area contributed by atoms with Gasteiger partial charge in [0.1, 0.15) is 10.8 Å². The molecule has 1 N–H and O–H groups in total. The van der Waals surface area contributed by atoms with E-state index in [0.29, 0.717) is 39.0 Å². The molecule has 0 radical (unpaired) electrons. The highest BCUT2D eigenvalue weighted by atomic mass is 32.2. The Kier molecular flexibility index (Phi) is 6.43. The highest BCUT2D eigenvalue weighted by Gasteiger charge is 2.19. The average molecular weight is 413 g/mol. The van der Waals surface area contributed by atoms with Gasteiger partial charge in [-0.25, -0.2) is 14.4 Å². The number of nitrogens with one attached hydrogen (secondary N) is 1. The fourth-order valence-corrected chi connectivity index (χ4v) is 3.66. The number of aryl methyl sites for hydroxylation is 2. The molecule has 0 saturated carbocycles. The Labute approximate surface area is 171 Å². The third-order valence-corrected chi connectivity index (χ3v) is 5.19. The Morgan fingerprint density at radius 3 is 2.66 bits per heavy atom. The number of nitrogens with zero attached hydrogens (tertiary/aromatic N) is 2. The number of carbonyl (C=O) groups is 2. The van der Waals surface area contributed by atoms with Gasteiger partial charge in [0.25, 0.3) is 0 Å². The molecule has 1 amide bonds. The third kappa shape index (κ3) is 5.08. The number of benzene rings is 1. The van der Waals surface area contributed by atoms with Gasteiger partial charge in [-0.1, -0.05) is 23.9 Å². The van der Waals surface area contributed by atoms with E-state index in [1.807, 2.05) is 0 Å². The van der Waals surface area contributed by atoms with Crippen molar-refractivity contribution >= 4 is 23.5 Å². The number of hydrogen-bond acceptors (Lipinski definition) is 6. The summed E-state index contributed by atoms with van der Waals surface area (Å²) in [5.74, 6) is 0.168. The Bertz CT molecular complexity index is 1050. The maximum absolute atomic E-state index is 13.6. The molecule has 150 valence electrons. The molecule has 0 bridgehead atoms. The molecule has 3 aromatic rings. The quantitative estimate of drug-likeness (QED) is 0.357. The normalized spacial score (nSPS) is 10.8. The van der Waals surface area contributed by atoms with Crippen LogP contribution in [0.3, 0.4) is 0 Å². The van der Waals surface area contributed by atoms with Crippen molar-refractivity contribution < 1.29 is 18.4 Å². The molecule has 8 heteroatoms. The number of ketones is 1. The molecular formula is C21H20FN3O3S. The minimum Gasteiger partial charge on any atom is -0.461 e. The van der Waals surface area contributed by atoms with Crippen LogP contribution in [0.15, 0.2) is 46.0 Å². The lowest BCUT2D eigenvalue weighted by molar-refractivity contribution is -0.118. The van der Waals surface area contributed by atoms with Gasteiger partial charge in [0.05, 0.1) is 23.3 Å². The molecule has 2 aromatic heterocycles. The smallest absolute Gasteiger partial charge is 0.230 e. The summed E-state index contributed by atoms with van der Waals surface area (Å²) < 4.78 is 18.9. The van der Waals surface area contributed by atoms with Gasteiger partial charge in [0, 0.05) is 6.54 Å². The Morgan fingerprint density at radius 1 is 1.21 bits per heavy atom. The molecule has 0 atom stereocenters. The van der Waals surface area contributed by atoms with Gasteiger partial charge in [0.2, 0.25) is 5.91 Å². The van der Waals surface area contributed by atoms with E-state index in [2.05, 4.69) is 15.3 Å². The molecule has 0 unspecified atom stereocenters. The summed E-state index contributed by atoms with van der Waals surface area (Å²) in [4.78, 5) is 33.1. The van der Waals surface area contributed by atoms with Gasteiger partial charge in [0.15, 0.2) is 17.4 Å². The Morgan fingerprint density at radius 2 is 2.00 bits per heavy atom. The molecule has 0 aliphatic carbocycles. The van der Waals surface area contributed by atoms with Crippen LogP contribution in [-0.4, -0.2) is 27.4 Å². The van der Waals surface area contributed by atoms with E-state index in [0.717, 1.165) is 11.8 Å². The van der Waals surface area contributed by atoms with Crippen molar-refractivity contribution in [1.82, 2.24) is 15.3 Å². The van der Waals surface area contributed by atoms with E-state index < -0.39 is 0 Å². The van der Waals surface area contributed by atoms with Gasteiger partial charge in [-0.2, -0.15) is 0 Å². The highest BCUT2D eigenvalue weighted by molar-refractivity contribution is 8.00. The van der Waals surface area contributed by atoms with E-state index in [4.69, 9.17) is 4.42 Å². The highest BCUT2D eigenvalue weighted by Crippen LogP contribution is 2.27. The molecule has 6 nitrogen and oxygen atoms in total. The lowest BCUT2D eigenvalue weighted by Crippen LogP contribution is -2.24. The van der Waals surface area contributed by atoms with Crippen LogP contribution in [0.4, 0.5) is 4.39 Å². The van der Waals surface area contributed by atoms with Crippen molar-refractivity contribution in [1.29, 1.82) is 0 Å². The van der Waals surface area contributed by atoms with Crippen LogP contribution in [0.5, 0.6) is 0 Å². The van der Waals surface area contributed by atoms with Crippen LogP contribution < -0.4 is 5.32 Å². The van der Waals surface area contributed by atoms with E-state index in [1.165, 1.54) is 19.3 Å². The summed E-state index contributed by atoms with van der Waals surface area (Å²) in [6, 6.07) is 8.29. The molecule has 3 rings (SSSR count). The fraction of sp³-hybridized carbons (Fsp3) is 0.238. The van der Waals surface area contributed by atoms with Crippen molar-refractivity contribution in [2.45, 2.75) is 32.3 Å². The summed E-state index contributed by atoms with van der Waals surface area (Å²) in [5.41, 5.74) is 2.14. The first-order valence-corrected chi connectivity index (χ1v) is 9.91. The third-order valence-electron chi connectivity index (χ3n) is 4.22. The first-order chi connectivity index (χ1) is 13.8. The standard InChI is InChI=1S/C21H20FN3O3S/c1-12-6-7-15(9-16(12)22)10-23-18(27)11-29-21-19(14(3)26)13(2)24-20(25-21)17-5-4-8-28-17/h4-9H,10-11H2,1-3H3,(H,23,27). The largest absolute Gasteiger partial charge is 0.461 e. The predicted octanol–water partition coefficient (Wildman–Crippen LogP) is 4.10. The number of rotatable bonds is 7. The SMILES string of the molecule is CC(=O)c1c(C)nc(-c2ccco2)nc1SCC(=O)NCc1ccc(C)c(F)c1. The van der Waals surface area contributed by atoms with Crippen LogP contribution in [0, 0.1) is 19.7 Å². The zero-order valence-electron chi connectivity index (χ0n) is 16.3. The second-order valence-electron chi connectivity index (χ2n) is 6.50. The maximum Gasteiger partial charge on any atom is 0.230 e. The molecule has 29 heavy (non-hydrogen) atoms. The minimum atomic E-state index is -0.306. The number of hydrogen-bond donors (Lipinski definition) is 1.